The Morgan fingerprint density at radius 1 is 0.309 bits per heavy atom. The van der Waals surface area contributed by atoms with Gasteiger partial charge in [-0.05, 0) is 191 Å². The van der Waals surface area contributed by atoms with E-state index in [0.717, 1.165) is 119 Å². The Kier molecular flexibility index (Phi) is 14.7. The largest absolute Gasteiger partial charge is 0.309 e. The Hall–Kier alpha value is -8.46. The molecule has 13 aromatic rings. The number of aromatic nitrogens is 5. The molecule has 0 spiro atoms. The van der Waals surface area contributed by atoms with Crippen LogP contribution in [-0.4, -0.2) is 24.1 Å². The number of rotatable bonds is 17. The molecule has 0 aliphatic rings. The molecule has 0 aliphatic heterocycles. The smallest absolute Gasteiger partial charge is 0.166 e. The Labute approximate surface area is 489 Å². The van der Waals surface area contributed by atoms with Crippen LogP contribution in [0.4, 0.5) is 0 Å². The summed E-state index contributed by atoms with van der Waals surface area (Å²) in [4.78, 5) is 16.9. The lowest BCUT2D eigenvalue weighted by Crippen LogP contribution is -2.05. The third kappa shape index (κ3) is 10.3. The Morgan fingerprint density at radius 3 is 1.28 bits per heavy atom. The molecule has 396 valence electrons. The van der Waals surface area contributed by atoms with E-state index in [9.17, 15) is 0 Å². The second-order valence-corrected chi connectivity index (χ2v) is 22.9. The average molecular weight is 1160 g/mol. The van der Waals surface area contributed by atoms with Gasteiger partial charge in [-0.2, -0.15) is 0 Å². The number of fused-ring (bicyclic) bond motifs is 6. The fraction of sp³-hybridized carbons (Fsp3) is 0.160. The maximum absolute atomic E-state index is 5.70. The van der Waals surface area contributed by atoms with Gasteiger partial charge in [-0.25, -0.2) is 15.0 Å². The van der Waals surface area contributed by atoms with Crippen molar-refractivity contribution < 1.29 is 0 Å². The molecule has 6 heteroatoms. The van der Waals surface area contributed by atoms with Crippen LogP contribution in [0.5, 0.6) is 0 Å². The highest BCUT2D eigenvalue weighted by atomic mass is 127. The van der Waals surface area contributed by atoms with Gasteiger partial charge in [0, 0.05) is 47.4 Å². The molecular formula is C75H64IN5. The molecule has 10 aromatic carbocycles. The van der Waals surface area contributed by atoms with Crippen molar-refractivity contribution in [2.75, 3.05) is 0 Å². The van der Waals surface area contributed by atoms with Gasteiger partial charge in [0.05, 0.1) is 33.4 Å². The summed E-state index contributed by atoms with van der Waals surface area (Å²) in [6.07, 6.45) is 9.77. The molecule has 0 saturated heterocycles. The first-order chi connectivity index (χ1) is 39.9. The lowest BCUT2D eigenvalue weighted by atomic mass is 9.97. The lowest BCUT2D eigenvalue weighted by Gasteiger charge is -2.18. The first-order valence-electron chi connectivity index (χ1n) is 29.0. The van der Waals surface area contributed by atoms with Crippen molar-refractivity contribution in [3.8, 4) is 78.9 Å². The third-order valence-electron chi connectivity index (χ3n) is 16.1. The Morgan fingerprint density at radius 2 is 0.741 bits per heavy atom. The summed E-state index contributed by atoms with van der Waals surface area (Å²) in [7, 11) is 0. The number of aryl methyl sites for hydroxylation is 3. The van der Waals surface area contributed by atoms with Crippen molar-refractivity contribution in [1.29, 1.82) is 0 Å². The summed E-state index contributed by atoms with van der Waals surface area (Å²) in [6, 6.07) is 82.7. The molecule has 13 rings (SSSR count). The molecule has 0 N–H and O–H groups in total. The lowest BCUT2D eigenvalue weighted by molar-refractivity contribution is 0.780. The normalized spacial score (nSPS) is 11.7. The van der Waals surface area contributed by atoms with Crippen molar-refractivity contribution in [3.05, 3.63) is 245 Å². The van der Waals surface area contributed by atoms with Gasteiger partial charge in [-0.1, -0.05) is 180 Å². The zero-order chi connectivity index (χ0) is 54.8. The average Bonchev–Trinajstić information content (AvgIpc) is 4.03. The summed E-state index contributed by atoms with van der Waals surface area (Å²) in [5.41, 5.74) is 20.5. The predicted octanol–water partition coefficient (Wildman–Crippen LogP) is 20.7. The van der Waals surface area contributed by atoms with Crippen LogP contribution in [-0.2, 0) is 19.3 Å². The van der Waals surface area contributed by atoms with Gasteiger partial charge >= 0.3 is 0 Å². The second kappa shape index (κ2) is 23.0. The van der Waals surface area contributed by atoms with E-state index in [0.29, 0.717) is 17.5 Å². The molecule has 0 fully saturated rings. The topological polar surface area (TPSA) is 48.5 Å². The van der Waals surface area contributed by atoms with Crippen molar-refractivity contribution in [2.24, 2.45) is 0 Å². The molecule has 3 heterocycles. The molecule has 0 amide bonds. The van der Waals surface area contributed by atoms with E-state index in [-0.39, 0.29) is 0 Å². The van der Waals surface area contributed by atoms with Crippen molar-refractivity contribution in [1.82, 2.24) is 24.1 Å². The van der Waals surface area contributed by atoms with Gasteiger partial charge in [0.25, 0.3) is 0 Å². The zero-order valence-electron chi connectivity index (χ0n) is 46.3. The molecule has 0 atom stereocenters. The monoisotopic (exact) mass is 1160 g/mol. The fourth-order valence-electron chi connectivity index (χ4n) is 12.1. The van der Waals surface area contributed by atoms with Crippen LogP contribution in [0.3, 0.4) is 0 Å². The van der Waals surface area contributed by atoms with Gasteiger partial charge in [-0.15, -0.1) is 0 Å². The van der Waals surface area contributed by atoms with Crippen molar-refractivity contribution in [3.63, 3.8) is 0 Å². The summed E-state index contributed by atoms with van der Waals surface area (Å²) in [5, 5.41) is 4.81. The van der Waals surface area contributed by atoms with Gasteiger partial charge in [0.15, 0.2) is 17.5 Å². The number of unbranched alkanes of at least 4 members (excludes halogenated alkanes) is 3. The van der Waals surface area contributed by atoms with Crippen molar-refractivity contribution in [2.45, 2.75) is 78.6 Å². The van der Waals surface area contributed by atoms with Crippen LogP contribution in [0.1, 0.15) is 76.0 Å². The molecule has 3 aromatic heterocycles. The first-order valence-corrected chi connectivity index (χ1v) is 30.1. The highest BCUT2D eigenvalue weighted by Gasteiger charge is 2.24. The van der Waals surface area contributed by atoms with Crippen LogP contribution >= 0.6 is 22.6 Å². The molecular weight excluding hydrogens is 1100 g/mol. The third-order valence-corrected chi connectivity index (χ3v) is 16.7. The molecule has 0 unspecified atom stereocenters. The minimum absolute atomic E-state index is 0.629. The first kappa shape index (κ1) is 51.9. The number of para-hydroxylation sites is 3. The van der Waals surface area contributed by atoms with E-state index in [1.54, 1.807) is 0 Å². The SMILES string of the molecule is CCCCc1cc(I)cc(-c2nc(-c3cc(CCCC)cc(CCCC)c3)nc(-c3cc(-c4ccccc4-n4c5ccccc5c5cc(-c6ccccc6)ccc54)ccc3-n3c4ccccc4c4cc(-c5ccccc5)ccc43)n2)c1. The van der Waals surface area contributed by atoms with Crippen molar-refractivity contribution >= 4 is 66.2 Å². The second-order valence-electron chi connectivity index (χ2n) is 21.7. The molecule has 81 heavy (non-hydrogen) atoms. The summed E-state index contributed by atoms with van der Waals surface area (Å²) >= 11 is 2.47. The number of benzene rings is 10. The molecule has 0 bridgehead atoms. The van der Waals surface area contributed by atoms with Crippen LogP contribution in [0.15, 0.2) is 224 Å². The maximum atomic E-state index is 5.70. The van der Waals surface area contributed by atoms with E-state index in [1.165, 1.54) is 64.1 Å². The van der Waals surface area contributed by atoms with E-state index in [1.807, 2.05) is 0 Å². The summed E-state index contributed by atoms with van der Waals surface area (Å²) in [5.74, 6) is 1.99. The molecule has 0 radical (unpaired) electrons. The van der Waals surface area contributed by atoms with E-state index >= 15 is 0 Å². The maximum Gasteiger partial charge on any atom is 0.166 e. The number of nitrogens with zero attached hydrogens (tertiary/aromatic N) is 5. The highest BCUT2D eigenvalue weighted by molar-refractivity contribution is 14.1. The Bertz CT molecular complexity index is 4410. The molecule has 0 aliphatic carbocycles. The highest BCUT2D eigenvalue weighted by Crippen LogP contribution is 2.43. The van der Waals surface area contributed by atoms with Crippen LogP contribution in [0, 0.1) is 3.57 Å². The van der Waals surface area contributed by atoms with Gasteiger partial charge < -0.3 is 9.13 Å². The van der Waals surface area contributed by atoms with Gasteiger partial charge in [-0.3, -0.25) is 0 Å². The minimum Gasteiger partial charge on any atom is -0.309 e. The minimum atomic E-state index is 0.629. The fourth-order valence-corrected chi connectivity index (χ4v) is 12.8. The number of halogens is 1. The quantitative estimate of drug-likeness (QED) is 0.0854. The standard InChI is InChI=1S/C75H64IN5/c1-4-7-22-50-41-51(23-8-5-2)43-58(42-50)73-77-74(59-44-52(24-9-6-3)45-60(76)46-59)79-75(78-73)66-49-57(37-40-72(66)81-69-34-21-18-31-63(69)65-48-56(36-39-71(65)81)54-27-14-11-15-28-54)61-29-16-19-32-67(61)80-68-33-20-17-30-62(68)64-47-55(35-38-70(64)80)53-25-12-10-13-26-53/h10-21,25-49H,4-9,22-24H2,1-3H3. The zero-order valence-corrected chi connectivity index (χ0v) is 48.5. The van der Waals surface area contributed by atoms with Gasteiger partial charge in [0.2, 0.25) is 0 Å². The van der Waals surface area contributed by atoms with Crippen LogP contribution in [0.2, 0.25) is 0 Å². The van der Waals surface area contributed by atoms with Gasteiger partial charge in [0.1, 0.15) is 0 Å². The Balaban J connectivity index is 1.08. The number of hydrogen-bond donors (Lipinski definition) is 0. The van der Waals surface area contributed by atoms with E-state index in [4.69, 9.17) is 15.0 Å². The van der Waals surface area contributed by atoms with Crippen LogP contribution in [0.25, 0.3) is 123 Å². The van der Waals surface area contributed by atoms with Crippen LogP contribution < -0.4 is 0 Å². The summed E-state index contributed by atoms with van der Waals surface area (Å²) in [6.45, 7) is 6.81. The van der Waals surface area contributed by atoms with E-state index < -0.39 is 0 Å². The predicted molar refractivity (Wildman–Crippen MR) is 350 cm³/mol. The van der Waals surface area contributed by atoms with E-state index in [2.05, 4.69) is 277 Å². The number of hydrogen-bond acceptors (Lipinski definition) is 3. The summed E-state index contributed by atoms with van der Waals surface area (Å²) < 4.78 is 6.06. The molecule has 0 saturated carbocycles. The molecule has 5 nitrogen and oxygen atoms in total.